The first kappa shape index (κ1) is 13.4. The summed E-state index contributed by atoms with van der Waals surface area (Å²) in [6.45, 7) is 0.755. The normalized spacial score (nSPS) is 13.5. The summed E-state index contributed by atoms with van der Waals surface area (Å²) >= 11 is 0. The van der Waals surface area contributed by atoms with Gasteiger partial charge in [-0.05, 0) is 41.8 Å². The highest BCUT2D eigenvalue weighted by molar-refractivity contribution is 6.05. The van der Waals surface area contributed by atoms with Gasteiger partial charge in [0.05, 0.1) is 7.11 Å². The van der Waals surface area contributed by atoms with Crippen LogP contribution in [0.25, 0.3) is 6.08 Å². The number of rotatable bonds is 3. The molecule has 0 aromatic heterocycles. The molecule has 0 N–H and O–H groups in total. The first-order chi connectivity index (χ1) is 10.3. The van der Waals surface area contributed by atoms with Gasteiger partial charge in [-0.1, -0.05) is 30.3 Å². The van der Waals surface area contributed by atoms with Crippen LogP contribution in [-0.4, -0.2) is 19.6 Å². The molecule has 3 rings (SSSR count). The third-order valence-corrected chi connectivity index (χ3v) is 3.69. The number of carbonyl (C=O) groups is 1. The van der Waals surface area contributed by atoms with Crippen LogP contribution < -0.4 is 9.64 Å². The van der Waals surface area contributed by atoms with Crippen LogP contribution in [-0.2, 0) is 11.2 Å². The highest BCUT2D eigenvalue weighted by Crippen LogP contribution is 2.27. The summed E-state index contributed by atoms with van der Waals surface area (Å²) in [4.78, 5) is 14.1. The van der Waals surface area contributed by atoms with Crippen LogP contribution in [0.1, 0.15) is 11.1 Å². The van der Waals surface area contributed by atoms with Gasteiger partial charge in [-0.25, -0.2) is 0 Å². The SMILES string of the molecule is COc1ccc(/C=C\C(=O)N2CCc3ccccc32)cc1. The number of carbonyl (C=O) groups excluding carboxylic acids is 1. The van der Waals surface area contributed by atoms with Crippen molar-refractivity contribution in [3.05, 3.63) is 65.7 Å². The Morgan fingerprint density at radius 1 is 1.14 bits per heavy atom. The first-order valence-corrected chi connectivity index (χ1v) is 6.99. The Balaban J connectivity index is 1.73. The van der Waals surface area contributed by atoms with E-state index >= 15 is 0 Å². The standard InChI is InChI=1S/C18H17NO2/c1-21-16-9-6-14(7-10-16)8-11-18(20)19-13-12-15-4-2-3-5-17(15)19/h2-11H,12-13H2,1H3/b11-8-. The monoisotopic (exact) mass is 279 g/mol. The van der Waals surface area contributed by atoms with Crippen molar-refractivity contribution in [3.63, 3.8) is 0 Å². The van der Waals surface area contributed by atoms with E-state index in [-0.39, 0.29) is 5.91 Å². The highest BCUT2D eigenvalue weighted by atomic mass is 16.5. The molecule has 0 bridgehead atoms. The average molecular weight is 279 g/mol. The van der Waals surface area contributed by atoms with Gasteiger partial charge in [0.15, 0.2) is 0 Å². The lowest BCUT2D eigenvalue weighted by molar-refractivity contribution is -0.114. The Morgan fingerprint density at radius 2 is 1.90 bits per heavy atom. The van der Waals surface area contributed by atoms with Gasteiger partial charge in [0, 0.05) is 18.3 Å². The second-order valence-electron chi connectivity index (χ2n) is 4.98. The molecule has 0 atom stereocenters. The minimum absolute atomic E-state index is 0.0239. The number of nitrogens with zero attached hydrogens (tertiary/aromatic N) is 1. The number of methoxy groups -OCH3 is 1. The largest absolute Gasteiger partial charge is 0.497 e. The molecule has 3 heteroatoms. The van der Waals surface area contributed by atoms with Gasteiger partial charge in [0.2, 0.25) is 0 Å². The van der Waals surface area contributed by atoms with Gasteiger partial charge in [-0.15, -0.1) is 0 Å². The van der Waals surface area contributed by atoms with Crippen molar-refractivity contribution < 1.29 is 9.53 Å². The van der Waals surface area contributed by atoms with Gasteiger partial charge >= 0.3 is 0 Å². The molecule has 0 saturated carbocycles. The smallest absolute Gasteiger partial charge is 0.251 e. The predicted octanol–water partition coefficient (Wildman–Crippen LogP) is 3.30. The van der Waals surface area contributed by atoms with Gasteiger partial charge in [0.25, 0.3) is 5.91 Å². The van der Waals surface area contributed by atoms with Crippen LogP contribution in [0.15, 0.2) is 54.6 Å². The maximum absolute atomic E-state index is 12.3. The summed E-state index contributed by atoms with van der Waals surface area (Å²) in [7, 11) is 1.64. The summed E-state index contributed by atoms with van der Waals surface area (Å²) in [6.07, 6.45) is 4.39. The summed E-state index contributed by atoms with van der Waals surface area (Å²) in [5.74, 6) is 0.836. The van der Waals surface area contributed by atoms with Crippen molar-refractivity contribution in [1.29, 1.82) is 0 Å². The Morgan fingerprint density at radius 3 is 2.67 bits per heavy atom. The zero-order valence-corrected chi connectivity index (χ0v) is 12.0. The molecular formula is C18H17NO2. The fourth-order valence-corrected chi connectivity index (χ4v) is 2.54. The second-order valence-corrected chi connectivity index (χ2v) is 4.98. The van der Waals surface area contributed by atoms with Gasteiger partial charge in [-0.2, -0.15) is 0 Å². The molecule has 0 radical (unpaired) electrons. The number of fused-ring (bicyclic) bond motifs is 1. The molecule has 0 unspecified atom stereocenters. The summed E-state index contributed by atoms with van der Waals surface area (Å²) < 4.78 is 5.12. The lowest BCUT2D eigenvalue weighted by Gasteiger charge is -2.14. The maximum atomic E-state index is 12.3. The third kappa shape index (κ3) is 2.82. The lowest BCUT2D eigenvalue weighted by atomic mass is 10.2. The van der Waals surface area contributed by atoms with Gasteiger partial charge < -0.3 is 9.64 Å². The van der Waals surface area contributed by atoms with Crippen LogP contribution in [0, 0.1) is 0 Å². The molecule has 2 aromatic rings. The van der Waals surface area contributed by atoms with Crippen molar-refractivity contribution in [2.75, 3.05) is 18.6 Å². The van der Waals surface area contributed by atoms with Crippen molar-refractivity contribution in [2.45, 2.75) is 6.42 Å². The van der Waals surface area contributed by atoms with Crippen molar-refractivity contribution in [3.8, 4) is 5.75 Å². The van der Waals surface area contributed by atoms with Gasteiger partial charge in [0.1, 0.15) is 5.75 Å². The summed E-state index contributed by atoms with van der Waals surface area (Å²) in [5, 5.41) is 0. The van der Waals surface area contributed by atoms with Gasteiger partial charge in [-0.3, -0.25) is 4.79 Å². The number of para-hydroxylation sites is 1. The Hall–Kier alpha value is -2.55. The zero-order valence-electron chi connectivity index (χ0n) is 12.0. The molecule has 0 fully saturated rings. The number of ether oxygens (including phenoxy) is 1. The molecule has 1 amide bonds. The third-order valence-electron chi connectivity index (χ3n) is 3.69. The van der Waals surface area contributed by atoms with E-state index in [1.807, 2.05) is 53.4 Å². The minimum Gasteiger partial charge on any atom is -0.497 e. The topological polar surface area (TPSA) is 29.5 Å². The fraction of sp³-hybridized carbons (Fsp3) is 0.167. The van der Waals surface area contributed by atoms with Crippen LogP contribution >= 0.6 is 0 Å². The van der Waals surface area contributed by atoms with E-state index in [0.717, 1.165) is 30.0 Å². The van der Waals surface area contributed by atoms with Crippen LogP contribution in [0.2, 0.25) is 0 Å². The molecule has 0 aliphatic carbocycles. The number of anilines is 1. The van der Waals surface area contributed by atoms with Crippen LogP contribution in [0.5, 0.6) is 5.75 Å². The quantitative estimate of drug-likeness (QED) is 0.807. The average Bonchev–Trinajstić information content (AvgIpc) is 2.97. The molecule has 0 saturated heterocycles. The van der Waals surface area contributed by atoms with E-state index in [9.17, 15) is 4.79 Å². The van der Waals surface area contributed by atoms with Crippen molar-refractivity contribution >= 4 is 17.7 Å². The highest BCUT2D eigenvalue weighted by Gasteiger charge is 2.22. The van der Waals surface area contributed by atoms with Crippen LogP contribution in [0.3, 0.4) is 0 Å². The first-order valence-electron chi connectivity index (χ1n) is 6.99. The van der Waals surface area contributed by atoms with E-state index in [1.165, 1.54) is 5.56 Å². The van der Waals surface area contributed by atoms with E-state index < -0.39 is 0 Å². The fourth-order valence-electron chi connectivity index (χ4n) is 2.54. The number of amides is 1. The molecule has 2 aromatic carbocycles. The Kier molecular flexibility index (Phi) is 3.73. The van der Waals surface area contributed by atoms with E-state index in [2.05, 4.69) is 6.07 Å². The number of benzene rings is 2. The van der Waals surface area contributed by atoms with E-state index in [1.54, 1.807) is 13.2 Å². The van der Waals surface area contributed by atoms with Crippen LogP contribution in [0.4, 0.5) is 5.69 Å². The second kappa shape index (κ2) is 5.83. The van der Waals surface area contributed by atoms with Crippen molar-refractivity contribution in [1.82, 2.24) is 0 Å². The van der Waals surface area contributed by atoms with E-state index in [0.29, 0.717) is 0 Å². The molecular weight excluding hydrogens is 262 g/mol. The summed E-state index contributed by atoms with van der Waals surface area (Å²) in [5.41, 5.74) is 3.25. The lowest BCUT2D eigenvalue weighted by Crippen LogP contribution is -2.26. The van der Waals surface area contributed by atoms with Crippen molar-refractivity contribution in [2.24, 2.45) is 0 Å². The molecule has 106 valence electrons. The van der Waals surface area contributed by atoms with E-state index in [4.69, 9.17) is 4.74 Å². The number of hydrogen-bond acceptors (Lipinski definition) is 2. The minimum atomic E-state index is 0.0239. The Bertz CT molecular complexity index is 674. The molecule has 1 heterocycles. The molecule has 3 nitrogen and oxygen atoms in total. The molecule has 0 spiro atoms. The molecule has 1 aliphatic rings. The molecule has 1 aliphatic heterocycles. The number of hydrogen-bond donors (Lipinski definition) is 0. The summed E-state index contributed by atoms with van der Waals surface area (Å²) in [6, 6.07) is 15.7. The zero-order chi connectivity index (χ0) is 14.7. The predicted molar refractivity (Wildman–Crippen MR) is 84.5 cm³/mol. The maximum Gasteiger partial charge on any atom is 0.251 e. The Labute approximate surface area is 124 Å². The molecule has 21 heavy (non-hydrogen) atoms.